The molecule has 9 N–H and O–H groups in total. The third kappa shape index (κ3) is 11.7. The first-order valence-electron chi connectivity index (χ1n) is 22.2. The molecular formula is C45H51B2N9O12S2. The van der Waals surface area contributed by atoms with E-state index in [0.717, 1.165) is 44.9 Å². The van der Waals surface area contributed by atoms with Crippen LogP contribution in [-0.4, -0.2) is 118 Å². The number of aromatic nitrogens is 3. The number of nitrogens with zero attached hydrogens (tertiary/aromatic N) is 4. The summed E-state index contributed by atoms with van der Waals surface area (Å²) in [6.45, 7) is 6.14. The predicted octanol–water partition coefficient (Wildman–Crippen LogP) is 1.97. The van der Waals surface area contributed by atoms with Gasteiger partial charge in [0.1, 0.15) is 35.7 Å². The van der Waals surface area contributed by atoms with Crippen molar-refractivity contribution >= 4 is 82.4 Å². The first-order valence-corrected chi connectivity index (χ1v) is 24.0. The number of fused-ring (bicyclic) bond motifs is 2. The minimum atomic E-state index is -1.18. The second-order valence-corrected chi connectivity index (χ2v) is 18.7. The number of amides is 4. The van der Waals surface area contributed by atoms with Gasteiger partial charge in [-0.1, -0.05) is 36.4 Å². The maximum absolute atomic E-state index is 13.4. The zero-order valence-electron chi connectivity index (χ0n) is 38.6. The Kier molecular flexibility index (Phi) is 16.1. The number of nitrogens with two attached hydrogens (primary N) is 2. The molecule has 4 amide bonds. The third-order valence-electron chi connectivity index (χ3n) is 12.1. The smallest absolute Gasteiger partial charge is 0.526 e. The van der Waals surface area contributed by atoms with Gasteiger partial charge in [-0.3, -0.25) is 38.5 Å². The molecule has 1 saturated heterocycles. The SMILES string of the molecule is CCN1CCN(CC(=O)NC(C(=O)C[C@H]2Cc3cccc(C)c3OB2O)c2csc(N)n2)C(=O)C1=O.COc1ccc(C(=O)NC(C(=O)C[C@H]2Cc3cccc(C)c3OB2O)c2csc(N)n2)c(=O)[nH]1. The van der Waals surface area contributed by atoms with E-state index in [1.165, 1.54) is 29.0 Å². The number of benzene rings is 2. The number of rotatable bonds is 15. The number of carbonyl (C=O) groups is 6. The average Bonchev–Trinajstić information content (AvgIpc) is 3.97. The number of aryl methyl sites for hydroxylation is 2. The van der Waals surface area contributed by atoms with Crippen LogP contribution in [0.3, 0.4) is 0 Å². The summed E-state index contributed by atoms with van der Waals surface area (Å²) in [5.74, 6) is -3.16. The van der Waals surface area contributed by atoms with Crippen molar-refractivity contribution in [2.75, 3.05) is 44.8 Å². The van der Waals surface area contributed by atoms with E-state index in [1.807, 2.05) is 50.2 Å². The number of Topliss-reactive ketones (excluding diaryl/α,β-unsaturated/α-hetero) is 2. The van der Waals surface area contributed by atoms with Gasteiger partial charge in [-0.05, 0) is 68.0 Å². The molecule has 4 atom stereocenters. The molecule has 0 spiro atoms. The number of nitrogen functional groups attached to an aromatic ring is 2. The van der Waals surface area contributed by atoms with Crippen LogP contribution in [0.15, 0.2) is 64.1 Å². The molecule has 3 aromatic heterocycles. The Hall–Kier alpha value is -7.08. The van der Waals surface area contributed by atoms with Crippen LogP contribution < -0.4 is 41.7 Å². The first-order chi connectivity index (χ1) is 33.4. The van der Waals surface area contributed by atoms with Crippen LogP contribution in [-0.2, 0) is 36.8 Å². The van der Waals surface area contributed by atoms with Gasteiger partial charge in [0.2, 0.25) is 5.91 Å². The highest BCUT2D eigenvalue weighted by atomic mass is 32.1. The first kappa shape index (κ1) is 50.8. The monoisotopic (exact) mass is 995 g/mol. The van der Waals surface area contributed by atoms with Crippen molar-refractivity contribution in [2.45, 2.75) is 70.2 Å². The summed E-state index contributed by atoms with van der Waals surface area (Å²) in [5, 5.41) is 30.0. The average molecular weight is 996 g/mol. The molecule has 8 rings (SSSR count). The topological polar surface area (TPSA) is 312 Å². The number of para-hydroxylation sites is 2. The number of ether oxygens (including phenoxy) is 1. The Morgan fingerprint density at radius 2 is 1.30 bits per heavy atom. The lowest BCUT2D eigenvalue weighted by molar-refractivity contribution is -0.156. The number of ketones is 2. The van der Waals surface area contributed by atoms with E-state index in [0.29, 0.717) is 37.4 Å². The lowest BCUT2D eigenvalue weighted by atomic mass is 9.64. The lowest BCUT2D eigenvalue weighted by Crippen LogP contribution is -2.56. The summed E-state index contributed by atoms with van der Waals surface area (Å²) in [6, 6.07) is 11.8. The second kappa shape index (κ2) is 22.1. The number of piperazine rings is 1. The van der Waals surface area contributed by atoms with Crippen molar-refractivity contribution in [3.8, 4) is 17.4 Å². The molecule has 3 aliphatic heterocycles. The fourth-order valence-corrected chi connectivity index (χ4v) is 9.58. The zero-order valence-corrected chi connectivity index (χ0v) is 40.3. The number of carbonyl (C=O) groups excluding carboxylic acids is 6. The number of anilines is 2. The fraction of sp³-hybridized carbons (Fsp3) is 0.356. The number of aromatic amines is 1. The van der Waals surface area contributed by atoms with Crippen LogP contribution in [0.4, 0.5) is 10.3 Å². The van der Waals surface area contributed by atoms with Gasteiger partial charge in [0.15, 0.2) is 27.7 Å². The molecule has 0 bridgehead atoms. The van der Waals surface area contributed by atoms with E-state index in [9.17, 15) is 43.6 Å². The molecule has 21 nitrogen and oxygen atoms in total. The van der Waals surface area contributed by atoms with Gasteiger partial charge in [-0.2, -0.15) is 0 Å². The number of methoxy groups -OCH3 is 1. The largest absolute Gasteiger partial charge is 0.536 e. The van der Waals surface area contributed by atoms with Crippen LogP contribution in [0.1, 0.15) is 75.8 Å². The standard InChI is InChI=1S/C23H28BN5O6S.C22H23BN4O6S/c1-3-28-7-8-29(22(33)21(28)32)11-18(31)27-19(16-12-36-23(25)26-16)17(30)10-15-9-14-6-4-5-13(2)20(14)35-24(15)34;1-11-4-3-5-12-8-13(23(31)33-19(11)12)9-16(28)18(15-10-34-22(24)25-15)27-21(30)14-6-7-17(32-2)26-20(14)29/h4-6,12,15,19,34H,3,7-11H2,1-2H3,(H2,25,26)(H,27,31);3-7,10,13,18,31H,8-9H2,1-2H3,(H2,24,25)(H,26,29)(H,27,30)/t15-,19?;13-,18?/m11/s1. The number of hydrogen-bond acceptors (Lipinski definition) is 18. The van der Waals surface area contributed by atoms with E-state index in [4.69, 9.17) is 25.5 Å². The molecule has 6 heterocycles. The molecule has 1 fully saturated rings. The van der Waals surface area contributed by atoms with Gasteiger partial charge in [-0.15, -0.1) is 22.7 Å². The molecule has 0 aliphatic carbocycles. The van der Waals surface area contributed by atoms with Crippen molar-refractivity contribution < 1.29 is 52.9 Å². The lowest BCUT2D eigenvalue weighted by Gasteiger charge is -2.33. The van der Waals surface area contributed by atoms with E-state index < -0.39 is 72.9 Å². The third-order valence-corrected chi connectivity index (χ3v) is 13.5. The van der Waals surface area contributed by atoms with Crippen LogP contribution in [0.25, 0.3) is 0 Å². The minimum Gasteiger partial charge on any atom is -0.536 e. The Labute approximate surface area is 410 Å². The van der Waals surface area contributed by atoms with Crippen LogP contribution in [0, 0.1) is 13.8 Å². The minimum absolute atomic E-state index is 0.0798. The normalized spacial score (nSPS) is 17.2. The predicted molar refractivity (Wildman–Crippen MR) is 260 cm³/mol. The van der Waals surface area contributed by atoms with Gasteiger partial charge < -0.3 is 56.0 Å². The molecule has 25 heteroatoms. The number of H-pyrrole nitrogens is 1. The Balaban J connectivity index is 0.000000207. The quantitative estimate of drug-likeness (QED) is 0.0583. The van der Waals surface area contributed by atoms with E-state index in [-0.39, 0.29) is 64.8 Å². The number of nitrogens with one attached hydrogen (secondary N) is 3. The molecule has 70 heavy (non-hydrogen) atoms. The summed E-state index contributed by atoms with van der Waals surface area (Å²) in [7, 11) is -0.980. The van der Waals surface area contributed by atoms with Gasteiger partial charge in [0.25, 0.3) is 11.5 Å². The number of pyridine rings is 1. The molecule has 2 aromatic carbocycles. The van der Waals surface area contributed by atoms with Crippen molar-refractivity contribution in [2.24, 2.45) is 0 Å². The zero-order chi connectivity index (χ0) is 50.4. The molecule has 0 radical (unpaired) electrons. The van der Waals surface area contributed by atoms with E-state index >= 15 is 0 Å². The Bertz CT molecular complexity index is 2860. The molecule has 2 unspecified atom stereocenters. The fourth-order valence-electron chi connectivity index (χ4n) is 8.40. The van der Waals surface area contributed by atoms with Crippen molar-refractivity contribution in [1.82, 2.24) is 35.4 Å². The summed E-state index contributed by atoms with van der Waals surface area (Å²) in [5.41, 5.74) is 14.8. The highest BCUT2D eigenvalue weighted by Crippen LogP contribution is 2.38. The Morgan fingerprint density at radius 1 is 0.800 bits per heavy atom. The van der Waals surface area contributed by atoms with Gasteiger partial charge >= 0.3 is 26.1 Å². The molecule has 3 aliphatic rings. The van der Waals surface area contributed by atoms with Crippen LogP contribution in [0.5, 0.6) is 17.4 Å². The summed E-state index contributed by atoms with van der Waals surface area (Å²) >= 11 is 2.25. The molecule has 0 saturated carbocycles. The van der Waals surface area contributed by atoms with Gasteiger partial charge in [0, 0.05) is 54.9 Å². The number of hydrogen-bond donors (Lipinski definition) is 7. The van der Waals surface area contributed by atoms with E-state index in [2.05, 4.69) is 25.6 Å². The highest BCUT2D eigenvalue weighted by Gasteiger charge is 2.41. The van der Waals surface area contributed by atoms with Gasteiger partial charge in [0.05, 0.1) is 18.5 Å². The molecule has 5 aromatic rings. The van der Waals surface area contributed by atoms with Crippen molar-refractivity contribution in [1.29, 1.82) is 0 Å². The summed E-state index contributed by atoms with van der Waals surface area (Å²) < 4.78 is 16.3. The van der Waals surface area contributed by atoms with Crippen molar-refractivity contribution in [3.05, 3.63) is 109 Å². The number of likely N-dealkylation sites (N-methyl/N-ethyl adjacent to an activating group) is 1. The summed E-state index contributed by atoms with van der Waals surface area (Å²) in [6.07, 6.45) is 0.698. The van der Waals surface area contributed by atoms with Crippen LogP contribution in [0.2, 0.25) is 11.6 Å². The molecular weight excluding hydrogens is 944 g/mol. The van der Waals surface area contributed by atoms with Gasteiger partial charge in [-0.25, -0.2) is 9.97 Å². The molecule has 366 valence electrons. The van der Waals surface area contributed by atoms with Crippen molar-refractivity contribution in [3.63, 3.8) is 0 Å². The maximum Gasteiger partial charge on any atom is 0.526 e. The van der Waals surface area contributed by atoms with E-state index in [1.54, 1.807) is 17.7 Å². The number of thiazole rings is 2. The second-order valence-electron chi connectivity index (χ2n) is 16.9. The maximum atomic E-state index is 13.4. The Morgan fingerprint density at radius 3 is 1.77 bits per heavy atom. The summed E-state index contributed by atoms with van der Waals surface area (Å²) in [4.78, 5) is 103. The highest BCUT2D eigenvalue weighted by molar-refractivity contribution is 7.13. The van der Waals surface area contributed by atoms with Crippen LogP contribution >= 0.6 is 22.7 Å².